The molecule has 1 aromatic heterocycles. The Morgan fingerprint density at radius 2 is 1.67 bits per heavy atom. The molecule has 0 saturated carbocycles. The number of aryl methyl sites for hydroxylation is 1. The number of hydrogen-bond acceptors (Lipinski definition) is 4. The molecule has 0 atom stereocenters. The second-order valence-corrected chi connectivity index (χ2v) is 6.97. The van der Waals surface area contributed by atoms with Crippen molar-refractivity contribution in [3.63, 3.8) is 0 Å². The molecule has 3 rings (SSSR count). The predicted octanol–water partition coefficient (Wildman–Crippen LogP) is 1.75. The summed E-state index contributed by atoms with van der Waals surface area (Å²) in [5.41, 5.74) is 2.27. The molecular formula is C18H26N4O2. The van der Waals surface area contributed by atoms with Gasteiger partial charge < -0.3 is 9.80 Å². The molecule has 2 saturated heterocycles. The zero-order chi connectivity index (χ0) is 17.1. The van der Waals surface area contributed by atoms with Crippen LogP contribution in [0.1, 0.15) is 49.8 Å². The highest BCUT2D eigenvalue weighted by Crippen LogP contribution is 2.30. The van der Waals surface area contributed by atoms with Gasteiger partial charge in [-0.25, -0.2) is 9.97 Å². The highest BCUT2D eigenvalue weighted by atomic mass is 16.2. The van der Waals surface area contributed by atoms with Crippen molar-refractivity contribution in [2.75, 3.05) is 26.2 Å². The fraction of sp³-hybridized carbons (Fsp3) is 0.667. The third-order valence-electron chi connectivity index (χ3n) is 5.42. The van der Waals surface area contributed by atoms with Crippen molar-refractivity contribution in [2.24, 2.45) is 5.92 Å². The Hall–Kier alpha value is -1.98. The van der Waals surface area contributed by atoms with Crippen LogP contribution in [-0.4, -0.2) is 57.8 Å². The molecule has 0 spiro atoms. The van der Waals surface area contributed by atoms with Crippen molar-refractivity contribution < 1.29 is 9.59 Å². The number of piperidine rings is 2. The van der Waals surface area contributed by atoms with E-state index in [0.717, 1.165) is 50.0 Å². The molecule has 0 aliphatic carbocycles. The lowest BCUT2D eigenvalue weighted by molar-refractivity contribution is -0.140. The van der Waals surface area contributed by atoms with Gasteiger partial charge in [-0.05, 0) is 38.2 Å². The van der Waals surface area contributed by atoms with Crippen LogP contribution < -0.4 is 0 Å². The van der Waals surface area contributed by atoms with E-state index in [0.29, 0.717) is 19.0 Å². The van der Waals surface area contributed by atoms with E-state index in [1.807, 2.05) is 16.0 Å². The molecule has 2 aliphatic heterocycles. The second kappa shape index (κ2) is 7.28. The summed E-state index contributed by atoms with van der Waals surface area (Å²) in [6, 6.07) is 0. The summed E-state index contributed by atoms with van der Waals surface area (Å²) < 4.78 is 0. The standard InChI is InChI=1S/C18H26N4O2/c1-13-11-19-12-20-17(13)15-3-9-22(10-4-15)18(24)16-5-7-21(8-6-16)14(2)23/h11-12,15-16H,3-10H2,1-2H3. The summed E-state index contributed by atoms with van der Waals surface area (Å²) in [5, 5.41) is 0. The van der Waals surface area contributed by atoms with Gasteiger partial charge in [0.05, 0.1) is 0 Å². The van der Waals surface area contributed by atoms with Crippen molar-refractivity contribution in [2.45, 2.75) is 45.4 Å². The highest BCUT2D eigenvalue weighted by Gasteiger charge is 2.32. The summed E-state index contributed by atoms with van der Waals surface area (Å²) in [6.45, 7) is 6.68. The zero-order valence-electron chi connectivity index (χ0n) is 14.6. The average molecular weight is 330 g/mol. The molecular weight excluding hydrogens is 304 g/mol. The molecule has 0 aromatic carbocycles. The van der Waals surface area contributed by atoms with Gasteiger partial charge in [-0.1, -0.05) is 0 Å². The van der Waals surface area contributed by atoms with E-state index >= 15 is 0 Å². The van der Waals surface area contributed by atoms with Gasteiger partial charge >= 0.3 is 0 Å². The van der Waals surface area contributed by atoms with E-state index in [-0.39, 0.29) is 17.7 Å². The first-order chi connectivity index (χ1) is 11.6. The van der Waals surface area contributed by atoms with Crippen molar-refractivity contribution >= 4 is 11.8 Å². The molecule has 0 unspecified atom stereocenters. The second-order valence-electron chi connectivity index (χ2n) is 6.97. The first-order valence-corrected chi connectivity index (χ1v) is 8.87. The molecule has 6 heteroatoms. The van der Waals surface area contributed by atoms with E-state index in [1.165, 1.54) is 0 Å². The number of aromatic nitrogens is 2. The van der Waals surface area contributed by atoms with Gasteiger partial charge in [0.25, 0.3) is 0 Å². The van der Waals surface area contributed by atoms with Crippen molar-refractivity contribution in [3.05, 3.63) is 23.8 Å². The van der Waals surface area contributed by atoms with Crippen molar-refractivity contribution in [1.29, 1.82) is 0 Å². The van der Waals surface area contributed by atoms with Gasteiger partial charge in [0.15, 0.2) is 0 Å². The van der Waals surface area contributed by atoms with Crippen LogP contribution in [0.3, 0.4) is 0 Å². The molecule has 2 aliphatic rings. The van der Waals surface area contributed by atoms with Crippen LogP contribution in [0.2, 0.25) is 0 Å². The van der Waals surface area contributed by atoms with Crippen LogP contribution in [-0.2, 0) is 9.59 Å². The Morgan fingerprint density at radius 1 is 1.04 bits per heavy atom. The minimum atomic E-state index is 0.0814. The van der Waals surface area contributed by atoms with Crippen LogP contribution in [0.15, 0.2) is 12.5 Å². The van der Waals surface area contributed by atoms with E-state index in [9.17, 15) is 9.59 Å². The summed E-state index contributed by atoms with van der Waals surface area (Å²) in [6.07, 6.45) is 7.00. The predicted molar refractivity (Wildman–Crippen MR) is 90.3 cm³/mol. The highest BCUT2D eigenvalue weighted by molar-refractivity contribution is 5.80. The van der Waals surface area contributed by atoms with Crippen LogP contribution in [0.4, 0.5) is 0 Å². The number of carbonyl (C=O) groups excluding carboxylic acids is 2. The number of nitrogens with zero attached hydrogens (tertiary/aromatic N) is 4. The Kier molecular flexibility index (Phi) is 5.11. The number of carbonyl (C=O) groups is 2. The maximum atomic E-state index is 12.7. The van der Waals surface area contributed by atoms with E-state index in [4.69, 9.17) is 0 Å². The molecule has 2 fully saturated rings. The summed E-state index contributed by atoms with van der Waals surface area (Å²) in [4.78, 5) is 36.5. The lowest BCUT2D eigenvalue weighted by atomic mass is 9.89. The number of amides is 2. The van der Waals surface area contributed by atoms with Crippen molar-refractivity contribution in [3.8, 4) is 0 Å². The maximum absolute atomic E-state index is 12.7. The normalized spacial score (nSPS) is 20.2. The van der Waals surface area contributed by atoms with Gasteiger partial charge in [0, 0.05) is 56.8 Å². The van der Waals surface area contributed by atoms with Gasteiger partial charge in [-0.2, -0.15) is 0 Å². The van der Waals surface area contributed by atoms with Crippen LogP contribution in [0.25, 0.3) is 0 Å². The van der Waals surface area contributed by atoms with Crippen LogP contribution in [0.5, 0.6) is 0 Å². The van der Waals surface area contributed by atoms with Crippen molar-refractivity contribution in [1.82, 2.24) is 19.8 Å². The fourth-order valence-electron chi connectivity index (χ4n) is 3.91. The quantitative estimate of drug-likeness (QED) is 0.828. The SMILES string of the molecule is CC(=O)N1CCC(C(=O)N2CCC(c3ncncc3C)CC2)CC1. The lowest BCUT2D eigenvalue weighted by Crippen LogP contribution is -2.46. The van der Waals surface area contributed by atoms with E-state index in [1.54, 1.807) is 13.3 Å². The third kappa shape index (κ3) is 3.57. The molecule has 0 N–H and O–H groups in total. The number of hydrogen-bond donors (Lipinski definition) is 0. The first kappa shape index (κ1) is 16.9. The van der Waals surface area contributed by atoms with E-state index in [2.05, 4.69) is 16.9 Å². The monoisotopic (exact) mass is 330 g/mol. The summed E-state index contributed by atoms with van der Waals surface area (Å²) in [7, 11) is 0. The van der Waals surface area contributed by atoms with Gasteiger partial charge in [-0.3, -0.25) is 9.59 Å². The van der Waals surface area contributed by atoms with Crippen LogP contribution in [0, 0.1) is 12.8 Å². The summed E-state index contributed by atoms with van der Waals surface area (Å²) >= 11 is 0. The lowest BCUT2D eigenvalue weighted by Gasteiger charge is -2.37. The Labute approximate surface area is 143 Å². The fourth-order valence-corrected chi connectivity index (χ4v) is 3.91. The molecule has 2 amide bonds. The minimum absolute atomic E-state index is 0.0814. The average Bonchev–Trinajstić information content (AvgIpc) is 2.62. The topological polar surface area (TPSA) is 66.4 Å². The molecule has 130 valence electrons. The maximum Gasteiger partial charge on any atom is 0.225 e. The smallest absolute Gasteiger partial charge is 0.225 e. The molecule has 0 radical (unpaired) electrons. The number of rotatable bonds is 2. The first-order valence-electron chi connectivity index (χ1n) is 8.87. The third-order valence-corrected chi connectivity index (χ3v) is 5.42. The van der Waals surface area contributed by atoms with Crippen LogP contribution >= 0.6 is 0 Å². The minimum Gasteiger partial charge on any atom is -0.343 e. The van der Waals surface area contributed by atoms with Gasteiger partial charge in [0.2, 0.25) is 11.8 Å². The van der Waals surface area contributed by atoms with Gasteiger partial charge in [0.1, 0.15) is 6.33 Å². The number of likely N-dealkylation sites (tertiary alicyclic amines) is 2. The largest absolute Gasteiger partial charge is 0.343 e. The molecule has 1 aromatic rings. The molecule has 24 heavy (non-hydrogen) atoms. The molecule has 6 nitrogen and oxygen atoms in total. The molecule has 0 bridgehead atoms. The molecule has 3 heterocycles. The van der Waals surface area contributed by atoms with Gasteiger partial charge in [-0.15, -0.1) is 0 Å². The zero-order valence-corrected chi connectivity index (χ0v) is 14.6. The Balaban J connectivity index is 1.52. The summed E-state index contributed by atoms with van der Waals surface area (Å²) in [5.74, 6) is 0.896. The Morgan fingerprint density at radius 3 is 2.25 bits per heavy atom. The Bertz CT molecular complexity index is 603. The van der Waals surface area contributed by atoms with E-state index < -0.39 is 0 Å².